The largest absolute Gasteiger partial charge is 0.378 e. The lowest BCUT2D eigenvalue weighted by molar-refractivity contribution is -0.195. The van der Waals surface area contributed by atoms with Crippen LogP contribution in [0, 0.1) is 5.92 Å². The topological polar surface area (TPSA) is 27.7 Å². The van der Waals surface area contributed by atoms with E-state index in [0.717, 1.165) is 32.5 Å². The Hall–Kier alpha value is -0.120. The average Bonchev–Trinajstić information content (AvgIpc) is 2.67. The van der Waals surface area contributed by atoms with E-state index in [2.05, 4.69) is 6.92 Å². The summed E-state index contributed by atoms with van der Waals surface area (Å²) < 4.78 is 18.1. The van der Waals surface area contributed by atoms with Gasteiger partial charge in [0.2, 0.25) is 0 Å². The summed E-state index contributed by atoms with van der Waals surface area (Å²) in [5.74, 6) is 0.286. The molecule has 3 rings (SSSR count). The molecule has 0 aromatic rings. The molecule has 92 valence electrons. The monoisotopic (exact) mass is 226 g/mol. The molecule has 16 heavy (non-hydrogen) atoms. The molecule has 1 aliphatic carbocycles. The fourth-order valence-corrected chi connectivity index (χ4v) is 3.33. The normalized spacial score (nSPS) is 42.2. The van der Waals surface area contributed by atoms with Crippen LogP contribution in [0.5, 0.6) is 0 Å². The van der Waals surface area contributed by atoms with E-state index in [0.29, 0.717) is 5.92 Å². The third kappa shape index (κ3) is 1.79. The average molecular weight is 226 g/mol. The Kier molecular flexibility index (Phi) is 2.94. The van der Waals surface area contributed by atoms with Crippen molar-refractivity contribution < 1.29 is 14.2 Å². The first kappa shape index (κ1) is 11.0. The third-order valence-electron chi connectivity index (χ3n) is 4.30. The summed E-state index contributed by atoms with van der Waals surface area (Å²) in [5, 5.41) is 0. The van der Waals surface area contributed by atoms with Crippen LogP contribution in [0.1, 0.15) is 45.4 Å². The third-order valence-corrected chi connectivity index (χ3v) is 4.30. The maximum absolute atomic E-state index is 6.30. The molecule has 3 aliphatic rings. The van der Waals surface area contributed by atoms with Crippen molar-refractivity contribution in [3.8, 4) is 0 Å². The summed E-state index contributed by atoms with van der Waals surface area (Å²) >= 11 is 0. The number of hydrogen-bond acceptors (Lipinski definition) is 3. The Morgan fingerprint density at radius 1 is 1.06 bits per heavy atom. The molecule has 2 heterocycles. The minimum Gasteiger partial charge on any atom is -0.378 e. The molecule has 0 unspecified atom stereocenters. The Balaban J connectivity index is 1.73. The molecule has 1 saturated carbocycles. The molecule has 3 heteroatoms. The Bertz CT molecular complexity index is 248. The second kappa shape index (κ2) is 4.28. The van der Waals surface area contributed by atoms with E-state index in [9.17, 15) is 0 Å². The van der Waals surface area contributed by atoms with Crippen LogP contribution >= 0.6 is 0 Å². The maximum atomic E-state index is 6.30. The predicted molar refractivity (Wildman–Crippen MR) is 60.2 cm³/mol. The zero-order valence-corrected chi connectivity index (χ0v) is 10.1. The Morgan fingerprint density at radius 2 is 1.88 bits per heavy atom. The number of fused-ring (bicyclic) bond motifs is 1. The summed E-state index contributed by atoms with van der Waals surface area (Å²) in [7, 11) is 0. The fraction of sp³-hybridized carbons (Fsp3) is 1.00. The van der Waals surface area contributed by atoms with E-state index in [1.54, 1.807) is 0 Å². The van der Waals surface area contributed by atoms with Gasteiger partial charge in [0.1, 0.15) is 6.10 Å². The molecule has 3 atom stereocenters. The lowest BCUT2D eigenvalue weighted by Crippen LogP contribution is -2.41. The summed E-state index contributed by atoms with van der Waals surface area (Å²) in [5.41, 5.74) is 0. The van der Waals surface area contributed by atoms with Crippen LogP contribution in [-0.2, 0) is 14.2 Å². The Morgan fingerprint density at radius 3 is 2.62 bits per heavy atom. The lowest BCUT2D eigenvalue weighted by atomic mass is 9.93. The first-order valence-corrected chi connectivity index (χ1v) is 6.76. The van der Waals surface area contributed by atoms with Gasteiger partial charge in [-0.2, -0.15) is 0 Å². The van der Waals surface area contributed by atoms with Crippen molar-refractivity contribution in [3.05, 3.63) is 0 Å². The SMILES string of the molecule is CC[C@@H]1COC[C@@H]2OC3(CCCCC3)O[C@H]12. The highest BCUT2D eigenvalue weighted by molar-refractivity contribution is 4.92. The van der Waals surface area contributed by atoms with Crippen LogP contribution in [0.2, 0.25) is 0 Å². The van der Waals surface area contributed by atoms with Gasteiger partial charge < -0.3 is 14.2 Å². The minimum atomic E-state index is -0.241. The molecular formula is C13H22O3. The lowest BCUT2D eigenvalue weighted by Gasteiger charge is -2.32. The molecular weight excluding hydrogens is 204 g/mol. The zero-order chi connectivity index (χ0) is 11.0. The molecule has 1 spiro atoms. The highest BCUT2D eigenvalue weighted by Gasteiger charge is 2.51. The fourth-order valence-electron chi connectivity index (χ4n) is 3.33. The van der Waals surface area contributed by atoms with Gasteiger partial charge in [-0.3, -0.25) is 0 Å². The van der Waals surface area contributed by atoms with Crippen molar-refractivity contribution in [1.29, 1.82) is 0 Å². The standard InChI is InChI=1S/C13H22O3/c1-2-10-8-14-9-11-12(10)16-13(15-11)6-4-3-5-7-13/h10-12H,2-9H2,1H3/t10-,11+,12-/m1/s1. The van der Waals surface area contributed by atoms with Gasteiger partial charge in [0.05, 0.1) is 19.3 Å². The van der Waals surface area contributed by atoms with Crippen molar-refractivity contribution in [2.24, 2.45) is 5.92 Å². The van der Waals surface area contributed by atoms with E-state index in [4.69, 9.17) is 14.2 Å². The summed E-state index contributed by atoms with van der Waals surface area (Å²) in [4.78, 5) is 0. The summed E-state index contributed by atoms with van der Waals surface area (Å²) in [6.45, 7) is 3.78. The summed E-state index contributed by atoms with van der Waals surface area (Å²) in [6, 6.07) is 0. The van der Waals surface area contributed by atoms with Crippen molar-refractivity contribution in [1.82, 2.24) is 0 Å². The van der Waals surface area contributed by atoms with Crippen LogP contribution in [0.25, 0.3) is 0 Å². The maximum Gasteiger partial charge on any atom is 0.169 e. The van der Waals surface area contributed by atoms with Gasteiger partial charge >= 0.3 is 0 Å². The molecule has 0 amide bonds. The highest BCUT2D eigenvalue weighted by atomic mass is 16.8. The molecule has 0 radical (unpaired) electrons. The minimum absolute atomic E-state index is 0.191. The van der Waals surface area contributed by atoms with Crippen LogP contribution in [-0.4, -0.2) is 31.2 Å². The van der Waals surface area contributed by atoms with E-state index in [1.807, 2.05) is 0 Å². The van der Waals surface area contributed by atoms with Gasteiger partial charge in [-0.25, -0.2) is 0 Å². The van der Waals surface area contributed by atoms with Gasteiger partial charge in [0.15, 0.2) is 5.79 Å². The van der Waals surface area contributed by atoms with E-state index >= 15 is 0 Å². The van der Waals surface area contributed by atoms with Crippen LogP contribution in [0.15, 0.2) is 0 Å². The van der Waals surface area contributed by atoms with Crippen molar-refractivity contribution in [2.75, 3.05) is 13.2 Å². The van der Waals surface area contributed by atoms with Gasteiger partial charge in [0.25, 0.3) is 0 Å². The molecule has 2 saturated heterocycles. The number of hydrogen-bond donors (Lipinski definition) is 0. The number of rotatable bonds is 1. The molecule has 0 bridgehead atoms. The van der Waals surface area contributed by atoms with E-state index in [-0.39, 0.29) is 18.0 Å². The van der Waals surface area contributed by atoms with Crippen molar-refractivity contribution >= 4 is 0 Å². The quantitative estimate of drug-likeness (QED) is 0.687. The van der Waals surface area contributed by atoms with Gasteiger partial charge in [-0.05, 0) is 19.3 Å². The first-order chi connectivity index (χ1) is 7.83. The Labute approximate surface area is 97.4 Å². The first-order valence-electron chi connectivity index (χ1n) is 6.76. The molecule has 0 aromatic heterocycles. The van der Waals surface area contributed by atoms with Crippen LogP contribution in [0.3, 0.4) is 0 Å². The highest BCUT2D eigenvalue weighted by Crippen LogP contribution is 2.44. The molecule has 2 aliphatic heterocycles. The van der Waals surface area contributed by atoms with Gasteiger partial charge in [-0.1, -0.05) is 13.3 Å². The van der Waals surface area contributed by atoms with Crippen LogP contribution < -0.4 is 0 Å². The van der Waals surface area contributed by atoms with E-state index < -0.39 is 0 Å². The van der Waals surface area contributed by atoms with Gasteiger partial charge in [0, 0.05) is 18.8 Å². The molecule has 0 N–H and O–H groups in total. The molecule has 0 aromatic carbocycles. The van der Waals surface area contributed by atoms with Crippen LogP contribution in [0.4, 0.5) is 0 Å². The summed E-state index contributed by atoms with van der Waals surface area (Å²) in [6.07, 6.45) is 7.59. The second-order valence-corrected chi connectivity index (χ2v) is 5.42. The van der Waals surface area contributed by atoms with E-state index in [1.165, 1.54) is 19.3 Å². The zero-order valence-electron chi connectivity index (χ0n) is 10.1. The smallest absolute Gasteiger partial charge is 0.169 e. The van der Waals surface area contributed by atoms with Crippen molar-refractivity contribution in [3.63, 3.8) is 0 Å². The van der Waals surface area contributed by atoms with Gasteiger partial charge in [-0.15, -0.1) is 0 Å². The number of ether oxygens (including phenoxy) is 3. The predicted octanol–water partition coefficient (Wildman–Crippen LogP) is 2.49. The molecule has 3 nitrogen and oxygen atoms in total. The molecule has 3 fully saturated rings. The second-order valence-electron chi connectivity index (χ2n) is 5.42. The van der Waals surface area contributed by atoms with Crippen molar-refractivity contribution in [2.45, 2.75) is 63.4 Å².